The van der Waals surface area contributed by atoms with Crippen molar-refractivity contribution in [3.63, 3.8) is 0 Å². The molecule has 98 valence electrons. The van der Waals surface area contributed by atoms with Crippen molar-refractivity contribution in [1.29, 1.82) is 0 Å². The molecule has 0 bridgehead atoms. The van der Waals surface area contributed by atoms with E-state index in [9.17, 15) is 18.0 Å². The second-order valence-corrected chi connectivity index (χ2v) is 3.36. The molecule has 0 aliphatic carbocycles. The third-order valence-electron chi connectivity index (χ3n) is 1.74. The molecule has 1 unspecified atom stereocenters. The molecular weight excluding hydrogens is 243 g/mol. The number of hydrogen-bond acceptors (Lipinski definition) is 6. The Hall–Kier alpha value is -1.51. The predicted octanol–water partition coefficient (Wildman–Crippen LogP) is -0.0392. The van der Waals surface area contributed by atoms with Crippen molar-refractivity contribution in [3.05, 3.63) is 0 Å². The molecule has 1 aliphatic heterocycles. The van der Waals surface area contributed by atoms with Crippen molar-refractivity contribution < 1.29 is 27.7 Å². The highest BCUT2D eigenvalue weighted by atomic mass is 19.4. The lowest BCUT2D eigenvalue weighted by Gasteiger charge is -2.14. The van der Waals surface area contributed by atoms with Crippen LogP contribution >= 0.6 is 0 Å². The van der Waals surface area contributed by atoms with Gasteiger partial charge in [-0.3, -0.25) is 9.88 Å². The highest BCUT2D eigenvalue weighted by Gasteiger charge is 2.42. The first kappa shape index (κ1) is 13.6. The van der Waals surface area contributed by atoms with E-state index in [4.69, 9.17) is 0 Å². The van der Waals surface area contributed by atoms with E-state index >= 15 is 0 Å². The van der Waals surface area contributed by atoms with Crippen LogP contribution in [0.15, 0.2) is 4.99 Å². The molecule has 1 rings (SSSR count). The van der Waals surface area contributed by atoms with Crippen LogP contribution in [0.25, 0.3) is 0 Å². The van der Waals surface area contributed by atoms with Crippen LogP contribution in [0.2, 0.25) is 0 Å². The molecule has 0 aromatic carbocycles. The summed E-state index contributed by atoms with van der Waals surface area (Å²) in [6.07, 6.45) is -5.05. The molecule has 1 aliphatic rings. The molecule has 1 atom stereocenters. The lowest BCUT2D eigenvalue weighted by molar-refractivity contribution is -0.302. The number of aliphatic imine (C=N–C) groups is 1. The minimum absolute atomic E-state index is 0.220. The summed E-state index contributed by atoms with van der Waals surface area (Å²) in [5, 5.41) is 5.74. The third-order valence-corrected chi connectivity index (χ3v) is 1.74. The maximum absolute atomic E-state index is 11.7. The van der Waals surface area contributed by atoms with E-state index in [0.29, 0.717) is 19.0 Å². The van der Waals surface area contributed by atoms with E-state index in [1.54, 1.807) is 6.92 Å². The fraction of sp³-hybridized carbons (Fsp3) is 0.750. The molecule has 0 radical (unpaired) electrons. The van der Waals surface area contributed by atoms with Crippen molar-refractivity contribution in [2.24, 2.45) is 4.99 Å². The summed E-state index contributed by atoms with van der Waals surface area (Å²) in [6, 6.07) is -0.347. The summed E-state index contributed by atoms with van der Waals surface area (Å²) in [5.74, 6) is -1.83. The number of hydrogen-bond donors (Lipinski definition) is 2. The van der Waals surface area contributed by atoms with Gasteiger partial charge in [0.05, 0.1) is 12.6 Å². The number of nitrogens with one attached hydrogen (secondary N) is 2. The van der Waals surface area contributed by atoms with E-state index in [0.717, 1.165) is 0 Å². The monoisotopic (exact) mass is 255 g/mol. The van der Waals surface area contributed by atoms with Crippen LogP contribution in [0, 0.1) is 0 Å². The van der Waals surface area contributed by atoms with Gasteiger partial charge in [-0.1, -0.05) is 0 Å². The van der Waals surface area contributed by atoms with Crippen LogP contribution < -0.4 is 10.6 Å². The number of nitrogens with zero attached hydrogens (tertiary/aromatic N) is 1. The van der Waals surface area contributed by atoms with Gasteiger partial charge in [0.1, 0.15) is 6.61 Å². The van der Waals surface area contributed by atoms with E-state index in [1.165, 1.54) is 0 Å². The van der Waals surface area contributed by atoms with Gasteiger partial charge in [-0.2, -0.15) is 18.1 Å². The van der Waals surface area contributed by atoms with Gasteiger partial charge in [0.15, 0.2) is 5.96 Å². The lowest BCUT2D eigenvalue weighted by Crippen LogP contribution is -2.42. The summed E-state index contributed by atoms with van der Waals surface area (Å²) >= 11 is 0. The topological polar surface area (TPSA) is 72.0 Å². The fourth-order valence-electron chi connectivity index (χ4n) is 1.01. The van der Waals surface area contributed by atoms with Crippen molar-refractivity contribution in [2.75, 3.05) is 19.7 Å². The Kier molecular flexibility index (Phi) is 4.55. The third kappa shape index (κ3) is 4.89. The Balaban J connectivity index is 2.16. The Bertz CT molecular complexity index is 306. The number of carbonyl (C=O) groups excluding carboxylic acids is 1. The van der Waals surface area contributed by atoms with Crippen molar-refractivity contribution in [1.82, 2.24) is 10.6 Å². The molecule has 17 heavy (non-hydrogen) atoms. The minimum Gasteiger partial charge on any atom is -0.355 e. The summed E-state index contributed by atoms with van der Waals surface area (Å²) in [6.45, 7) is 2.77. The number of halogens is 3. The smallest absolute Gasteiger partial charge is 0.355 e. The number of guanidine groups is 1. The Morgan fingerprint density at radius 1 is 1.65 bits per heavy atom. The maximum Gasteiger partial charge on any atom is 0.494 e. The number of rotatable bonds is 4. The fourth-order valence-corrected chi connectivity index (χ4v) is 1.01. The van der Waals surface area contributed by atoms with Gasteiger partial charge in [-0.15, -0.1) is 0 Å². The molecule has 0 fully saturated rings. The number of carbonyl (C=O) groups is 1. The van der Waals surface area contributed by atoms with Crippen LogP contribution in [0.4, 0.5) is 13.2 Å². The zero-order chi connectivity index (χ0) is 12.9. The second-order valence-electron chi connectivity index (χ2n) is 3.36. The molecule has 0 saturated heterocycles. The van der Waals surface area contributed by atoms with Gasteiger partial charge in [0.25, 0.3) is 0 Å². The van der Waals surface area contributed by atoms with Crippen molar-refractivity contribution in [3.8, 4) is 0 Å². The Morgan fingerprint density at radius 3 is 2.88 bits per heavy atom. The van der Waals surface area contributed by atoms with Gasteiger partial charge in [-0.25, -0.2) is 4.79 Å². The standard InChI is InChI=1S/C8H12F3N3O3/c1-5(14-7-12-2-3-13-7)4-16-17-6(15)8(9,10)11/h5H,2-4H2,1H3,(H2,12,13,14). The summed E-state index contributed by atoms with van der Waals surface area (Å²) in [7, 11) is 0. The molecule has 0 amide bonds. The average molecular weight is 255 g/mol. The quantitative estimate of drug-likeness (QED) is 0.545. The SMILES string of the molecule is CC(COOC(=O)C(F)(F)F)NC1=NCCN1. The summed E-state index contributed by atoms with van der Waals surface area (Å²) in [4.78, 5) is 22.0. The molecule has 1 heterocycles. The van der Waals surface area contributed by atoms with Crippen LogP contribution in [0.1, 0.15) is 6.92 Å². The molecular formula is C8H12F3N3O3. The van der Waals surface area contributed by atoms with Crippen molar-refractivity contribution >= 4 is 11.9 Å². The number of alkyl halides is 3. The van der Waals surface area contributed by atoms with Gasteiger partial charge in [-0.05, 0) is 6.92 Å². The van der Waals surface area contributed by atoms with Gasteiger partial charge in [0, 0.05) is 6.54 Å². The molecule has 2 N–H and O–H groups in total. The van der Waals surface area contributed by atoms with E-state index in [2.05, 4.69) is 25.4 Å². The van der Waals surface area contributed by atoms with Gasteiger partial charge < -0.3 is 10.6 Å². The minimum atomic E-state index is -5.05. The lowest BCUT2D eigenvalue weighted by atomic mass is 10.4. The van der Waals surface area contributed by atoms with Gasteiger partial charge in [0.2, 0.25) is 0 Å². The first-order valence-electron chi connectivity index (χ1n) is 4.85. The normalized spacial score (nSPS) is 17.1. The van der Waals surface area contributed by atoms with Gasteiger partial charge >= 0.3 is 12.1 Å². The molecule has 0 aromatic rings. The second kappa shape index (κ2) is 5.71. The van der Waals surface area contributed by atoms with E-state index in [1.807, 2.05) is 0 Å². The summed E-state index contributed by atoms with van der Waals surface area (Å²) < 4.78 is 35.1. The van der Waals surface area contributed by atoms with Crippen LogP contribution in [0.3, 0.4) is 0 Å². The largest absolute Gasteiger partial charge is 0.494 e. The van der Waals surface area contributed by atoms with Crippen LogP contribution in [0.5, 0.6) is 0 Å². The molecule has 9 heteroatoms. The highest BCUT2D eigenvalue weighted by Crippen LogP contribution is 2.16. The van der Waals surface area contributed by atoms with Crippen LogP contribution in [-0.2, 0) is 14.6 Å². The van der Waals surface area contributed by atoms with E-state index in [-0.39, 0.29) is 12.6 Å². The maximum atomic E-state index is 11.7. The molecule has 6 nitrogen and oxygen atoms in total. The first-order valence-corrected chi connectivity index (χ1v) is 4.85. The molecule has 0 saturated carbocycles. The zero-order valence-corrected chi connectivity index (χ0v) is 9.00. The van der Waals surface area contributed by atoms with Crippen LogP contribution in [-0.4, -0.2) is 43.8 Å². The van der Waals surface area contributed by atoms with E-state index < -0.39 is 12.1 Å². The summed E-state index contributed by atoms with van der Waals surface area (Å²) in [5.41, 5.74) is 0. The van der Waals surface area contributed by atoms with Crippen molar-refractivity contribution in [2.45, 2.75) is 19.1 Å². The molecule has 0 aromatic heterocycles. The predicted molar refractivity (Wildman–Crippen MR) is 51.0 cm³/mol. The highest BCUT2D eigenvalue weighted by molar-refractivity contribution is 5.81. The zero-order valence-electron chi connectivity index (χ0n) is 9.00. The average Bonchev–Trinajstić information content (AvgIpc) is 2.68. The molecule has 0 spiro atoms. The Morgan fingerprint density at radius 2 is 2.35 bits per heavy atom. The first-order chi connectivity index (χ1) is 7.89. The Labute approximate surface area is 95.1 Å².